The number of ether oxygens (including phenoxy) is 1. The smallest absolute Gasteiger partial charge is 0.338 e. The second kappa shape index (κ2) is 6.84. The van der Waals surface area contributed by atoms with Gasteiger partial charge in [-0.05, 0) is 30.2 Å². The number of hydrogen-bond donors (Lipinski definition) is 0. The van der Waals surface area contributed by atoms with E-state index in [1.165, 1.54) is 0 Å². The van der Waals surface area contributed by atoms with Gasteiger partial charge in [0.05, 0.1) is 11.3 Å². The van der Waals surface area contributed by atoms with Crippen molar-refractivity contribution in [1.29, 1.82) is 0 Å². The van der Waals surface area contributed by atoms with Crippen LogP contribution in [-0.4, -0.2) is 24.4 Å². The zero-order valence-electron chi connectivity index (χ0n) is 12.7. The lowest BCUT2D eigenvalue weighted by Gasteiger charge is -2.10. The highest BCUT2D eigenvalue weighted by Gasteiger charge is 2.24. The SMILES string of the molecule is Cc1ccc(Cl)cc1C(=O)OCC1CC(c2ccccc2)=NO1. The molecule has 1 heterocycles. The van der Waals surface area contributed by atoms with Crippen LogP contribution in [-0.2, 0) is 9.57 Å². The summed E-state index contributed by atoms with van der Waals surface area (Å²) in [6.45, 7) is 2.00. The van der Waals surface area contributed by atoms with E-state index in [4.69, 9.17) is 21.2 Å². The molecule has 2 aromatic rings. The van der Waals surface area contributed by atoms with Crippen LogP contribution in [0.25, 0.3) is 0 Å². The molecule has 0 aliphatic carbocycles. The lowest BCUT2D eigenvalue weighted by atomic mass is 10.1. The van der Waals surface area contributed by atoms with Crippen LogP contribution in [0.2, 0.25) is 5.02 Å². The summed E-state index contributed by atoms with van der Waals surface area (Å²) < 4.78 is 5.34. The van der Waals surface area contributed by atoms with Crippen molar-refractivity contribution in [2.45, 2.75) is 19.4 Å². The average molecular weight is 330 g/mol. The van der Waals surface area contributed by atoms with Crippen molar-refractivity contribution < 1.29 is 14.4 Å². The van der Waals surface area contributed by atoms with Crippen LogP contribution in [0.15, 0.2) is 53.7 Å². The summed E-state index contributed by atoms with van der Waals surface area (Å²) in [6.07, 6.45) is 0.361. The van der Waals surface area contributed by atoms with Gasteiger partial charge in [0.2, 0.25) is 0 Å². The number of oxime groups is 1. The van der Waals surface area contributed by atoms with Gasteiger partial charge in [-0.15, -0.1) is 0 Å². The first-order valence-electron chi connectivity index (χ1n) is 7.35. The number of carbonyl (C=O) groups excluding carboxylic acids is 1. The van der Waals surface area contributed by atoms with Gasteiger partial charge in [-0.1, -0.05) is 53.2 Å². The van der Waals surface area contributed by atoms with E-state index >= 15 is 0 Å². The number of rotatable bonds is 4. The standard InChI is InChI=1S/C18H16ClNO3/c1-12-7-8-14(19)9-16(12)18(21)22-11-15-10-17(20-23-15)13-5-3-2-4-6-13/h2-9,15H,10-11H2,1H3. The lowest BCUT2D eigenvalue weighted by Crippen LogP contribution is -2.19. The van der Waals surface area contributed by atoms with Gasteiger partial charge < -0.3 is 9.57 Å². The van der Waals surface area contributed by atoms with Gasteiger partial charge >= 0.3 is 5.97 Å². The van der Waals surface area contributed by atoms with E-state index in [0.717, 1.165) is 16.8 Å². The Kier molecular flexibility index (Phi) is 4.63. The largest absolute Gasteiger partial charge is 0.458 e. The Morgan fingerprint density at radius 2 is 2.09 bits per heavy atom. The summed E-state index contributed by atoms with van der Waals surface area (Å²) in [7, 11) is 0. The number of esters is 1. The molecule has 0 N–H and O–H groups in total. The van der Waals surface area contributed by atoms with Crippen LogP contribution in [0.4, 0.5) is 0 Å². The first kappa shape index (κ1) is 15.6. The molecule has 3 rings (SSSR count). The normalized spacial score (nSPS) is 16.6. The Morgan fingerprint density at radius 1 is 1.30 bits per heavy atom. The van der Waals surface area contributed by atoms with Crippen LogP contribution >= 0.6 is 11.6 Å². The van der Waals surface area contributed by atoms with Crippen LogP contribution < -0.4 is 0 Å². The maximum absolute atomic E-state index is 12.2. The minimum Gasteiger partial charge on any atom is -0.458 e. The van der Waals surface area contributed by atoms with Crippen molar-refractivity contribution in [3.63, 3.8) is 0 Å². The van der Waals surface area contributed by atoms with Crippen molar-refractivity contribution >= 4 is 23.3 Å². The third-order valence-electron chi connectivity index (χ3n) is 3.66. The highest BCUT2D eigenvalue weighted by Crippen LogP contribution is 2.19. The molecule has 1 atom stereocenters. The molecule has 0 saturated heterocycles. The second-order valence-corrected chi connectivity index (χ2v) is 5.83. The Balaban J connectivity index is 1.56. The van der Waals surface area contributed by atoms with Gasteiger partial charge in [0.15, 0.2) is 6.10 Å². The van der Waals surface area contributed by atoms with Gasteiger partial charge in [-0.3, -0.25) is 0 Å². The number of hydrogen-bond acceptors (Lipinski definition) is 4. The second-order valence-electron chi connectivity index (χ2n) is 5.39. The van der Waals surface area contributed by atoms with Gasteiger partial charge in [0.1, 0.15) is 6.61 Å². The number of carbonyl (C=O) groups is 1. The van der Waals surface area contributed by atoms with E-state index in [1.54, 1.807) is 18.2 Å². The quantitative estimate of drug-likeness (QED) is 0.797. The van der Waals surface area contributed by atoms with E-state index in [1.807, 2.05) is 37.3 Å². The van der Waals surface area contributed by atoms with Gasteiger partial charge in [-0.2, -0.15) is 0 Å². The van der Waals surface area contributed by atoms with E-state index in [9.17, 15) is 4.79 Å². The highest BCUT2D eigenvalue weighted by molar-refractivity contribution is 6.31. The summed E-state index contributed by atoms with van der Waals surface area (Å²) in [5.74, 6) is -0.401. The minimum atomic E-state index is -0.401. The topological polar surface area (TPSA) is 47.9 Å². The number of benzene rings is 2. The first-order valence-corrected chi connectivity index (χ1v) is 7.72. The van der Waals surface area contributed by atoms with Gasteiger partial charge in [0.25, 0.3) is 0 Å². The van der Waals surface area contributed by atoms with Crippen molar-refractivity contribution in [2.24, 2.45) is 5.16 Å². The molecule has 4 nitrogen and oxygen atoms in total. The van der Waals surface area contributed by atoms with E-state index < -0.39 is 5.97 Å². The summed E-state index contributed by atoms with van der Waals surface area (Å²) in [5.41, 5.74) is 3.19. The fourth-order valence-electron chi connectivity index (χ4n) is 2.38. The molecule has 0 radical (unpaired) electrons. The molecule has 0 amide bonds. The molecular weight excluding hydrogens is 314 g/mol. The maximum Gasteiger partial charge on any atom is 0.338 e. The molecule has 5 heteroatoms. The zero-order chi connectivity index (χ0) is 16.2. The molecule has 0 saturated carbocycles. The molecule has 0 spiro atoms. The molecule has 118 valence electrons. The Labute approximate surface area is 139 Å². The lowest BCUT2D eigenvalue weighted by molar-refractivity contribution is 0.00681. The molecule has 1 aliphatic heterocycles. The Morgan fingerprint density at radius 3 is 2.87 bits per heavy atom. The summed E-state index contributed by atoms with van der Waals surface area (Å²) in [5, 5.41) is 4.58. The van der Waals surface area contributed by atoms with Crippen LogP contribution in [0.1, 0.15) is 27.9 Å². The third-order valence-corrected chi connectivity index (χ3v) is 3.89. The molecule has 1 aliphatic rings. The summed E-state index contributed by atoms with van der Waals surface area (Å²) >= 11 is 5.92. The number of aryl methyl sites for hydroxylation is 1. The monoisotopic (exact) mass is 329 g/mol. The first-order chi connectivity index (χ1) is 11.1. The molecule has 0 aromatic heterocycles. The van der Waals surface area contributed by atoms with Crippen molar-refractivity contribution in [2.75, 3.05) is 6.61 Å². The summed E-state index contributed by atoms with van der Waals surface area (Å²) in [6, 6.07) is 15.0. The predicted molar refractivity (Wildman–Crippen MR) is 88.9 cm³/mol. The van der Waals surface area contributed by atoms with E-state index in [2.05, 4.69) is 5.16 Å². The minimum absolute atomic E-state index is 0.157. The summed E-state index contributed by atoms with van der Waals surface area (Å²) in [4.78, 5) is 17.5. The average Bonchev–Trinajstić information content (AvgIpc) is 3.05. The third kappa shape index (κ3) is 3.71. The highest BCUT2D eigenvalue weighted by atomic mass is 35.5. The van der Waals surface area contributed by atoms with Crippen molar-refractivity contribution in [3.05, 3.63) is 70.2 Å². The zero-order valence-corrected chi connectivity index (χ0v) is 13.4. The molecule has 0 fully saturated rings. The Bertz CT molecular complexity index is 743. The van der Waals surface area contributed by atoms with Crippen LogP contribution in [0, 0.1) is 6.92 Å². The maximum atomic E-state index is 12.2. The van der Waals surface area contributed by atoms with Crippen LogP contribution in [0.3, 0.4) is 0 Å². The number of halogens is 1. The number of nitrogens with zero attached hydrogens (tertiary/aromatic N) is 1. The Hall–Kier alpha value is -2.33. The fraction of sp³-hybridized carbons (Fsp3) is 0.222. The fourth-order valence-corrected chi connectivity index (χ4v) is 2.55. The van der Waals surface area contributed by atoms with Crippen molar-refractivity contribution in [1.82, 2.24) is 0 Å². The molecule has 23 heavy (non-hydrogen) atoms. The molecule has 0 bridgehead atoms. The van der Waals surface area contributed by atoms with E-state index in [-0.39, 0.29) is 12.7 Å². The predicted octanol–water partition coefficient (Wildman–Crippen LogP) is 4.00. The van der Waals surface area contributed by atoms with Crippen molar-refractivity contribution in [3.8, 4) is 0 Å². The molecule has 2 aromatic carbocycles. The van der Waals surface area contributed by atoms with Gasteiger partial charge in [-0.25, -0.2) is 4.79 Å². The van der Waals surface area contributed by atoms with E-state index in [0.29, 0.717) is 17.0 Å². The van der Waals surface area contributed by atoms with Gasteiger partial charge in [0, 0.05) is 11.4 Å². The molecule has 1 unspecified atom stereocenters. The molecular formula is C18H16ClNO3. The van der Waals surface area contributed by atoms with Crippen LogP contribution in [0.5, 0.6) is 0 Å².